The van der Waals surface area contributed by atoms with Crippen LogP contribution in [0.5, 0.6) is 0 Å². The quantitative estimate of drug-likeness (QED) is 0.644. The molecule has 0 spiro atoms. The summed E-state index contributed by atoms with van der Waals surface area (Å²) in [5.74, 6) is 0.800. The van der Waals surface area contributed by atoms with Gasteiger partial charge >= 0.3 is 0 Å². The van der Waals surface area contributed by atoms with Crippen LogP contribution in [0.1, 0.15) is 33.1 Å². The average Bonchev–Trinajstić information content (AvgIpc) is 2.31. The first kappa shape index (κ1) is 9.01. The van der Waals surface area contributed by atoms with E-state index < -0.39 is 0 Å². The van der Waals surface area contributed by atoms with Crippen LogP contribution in [0.4, 0.5) is 0 Å². The molecule has 11 heavy (non-hydrogen) atoms. The number of nitrogens with one attached hydrogen (secondary N) is 1. The Balaban J connectivity index is 2.15. The van der Waals surface area contributed by atoms with Crippen LogP contribution >= 0.6 is 0 Å². The van der Waals surface area contributed by atoms with Crippen molar-refractivity contribution >= 4 is 0 Å². The van der Waals surface area contributed by atoms with Gasteiger partial charge in [-0.1, -0.05) is 13.3 Å². The van der Waals surface area contributed by atoms with Crippen molar-refractivity contribution in [3.05, 3.63) is 0 Å². The van der Waals surface area contributed by atoms with E-state index in [1.807, 2.05) is 6.92 Å². The smallest absolute Gasteiger partial charge is 0.0636 e. The largest absolute Gasteiger partial charge is 0.392 e. The first-order chi connectivity index (χ1) is 5.20. The van der Waals surface area contributed by atoms with E-state index in [4.69, 9.17) is 5.11 Å². The van der Waals surface area contributed by atoms with Crippen LogP contribution in [0, 0.1) is 5.92 Å². The first-order valence-corrected chi connectivity index (χ1v) is 4.61. The van der Waals surface area contributed by atoms with Crippen LogP contribution < -0.4 is 5.32 Å². The highest BCUT2D eigenvalue weighted by Crippen LogP contribution is 2.24. The molecule has 1 saturated carbocycles. The monoisotopic (exact) mass is 157 g/mol. The Morgan fingerprint density at radius 2 is 2.27 bits per heavy atom. The number of hydrogen-bond acceptors (Lipinski definition) is 2. The number of aliphatic hydroxyl groups is 1. The lowest BCUT2D eigenvalue weighted by Crippen LogP contribution is -2.35. The van der Waals surface area contributed by atoms with Gasteiger partial charge in [0.25, 0.3) is 0 Å². The number of hydrogen-bond donors (Lipinski definition) is 2. The molecule has 1 aliphatic rings. The summed E-state index contributed by atoms with van der Waals surface area (Å²) in [7, 11) is 0. The predicted octanol–water partition coefficient (Wildman–Crippen LogP) is 1.15. The molecule has 2 nitrogen and oxygen atoms in total. The SMILES string of the molecule is C[C@H](O)CN[C@H]1CCC[C@H]1C. The molecule has 1 aliphatic carbocycles. The van der Waals surface area contributed by atoms with Gasteiger partial charge < -0.3 is 10.4 Å². The Morgan fingerprint density at radius 1 is 1.55 bits per heavy atom. The summed E-state index contributed by atoms with van der Waals surface area (Å²) < 4.78 is 0. The zero-order chi connectivity index (χ0) is 8.27. The summed E-state index contributed by atoms with van der Waals surface area (Å²) in [6.45, 7) is 4.86. The van der Waals surface area contributed by atoms with Crippen molar-refractivity contribution in [1.82, 2.24) is 5.32 Å². The minimum absolute atomic E-state index is 0.206. The van der Waals surface area contributed by atoms with E-state index in [1.165, 1.54) is 19.3 Å². The minimum Gasteiger partial charge on any atom is -0.392 e. The molecule has 0 aromatic heterocycles. The van der Waals surface area contributed by atoms with Crippen LogP contribution in [0.25, 0.3) is 0 Å². The fourth-order valence-electron chi connectivity index (χ4n) is 1.77. The Labute approximate surface area is 69.0 Å². The summed E-state index contributed by atoms with van der Waals surface area (Å²) in [6, 6.07) is 0.657. The molecular formula is C9H19NO. The molecule has 66 valence electrons. The lowest BCUT2D eigenvalue weighted by atomic mass is 10.1. The standard InChI is InChI=1S/C9H19NO/c1-7-4-3-5-9(7)10-6-8(2)11/h7-11H,3-6H2,1-2H3/t7-,8+,9+/m1/s1. The van der Waals surface area contributed by atoms with Crippen LogP contribution in [-0.2, 0) is 0 Å². The molecule has 0 aliphatic heterocycles. The van der Waals surface area contributed by atoms with E-state index in [1.54, 1.807) is 0 Å². The molecule has 2 heteroatoms. The van der Waals surface area contributed by atoms with E-state index >= 15 is 0 Å². The van der Waals surface area contributed by atoms with E-state index in [0.29, 0.717) is 6.04 Å². The molecule has 1 fully saturated rings. The topological polar surface area (TPSA) is 32.3 Å². The highest BCUT2D eigenvalue weighted by atomic mass is 16.3. The molecule has 0 heterocycles. The molecule has 0 amide bonds. The van der Waals surface area contributed by atoms with E-state index in [0.717, 1.165) is 12.5 Å². The molecule has 0 aromatic rings. The molecule has 0 radical (unpaired) electrons. The van der Waals surface area contributed by atoms with E-state index in [-0.39, 0.29) is 6.10 Å². The zero-order valence-corrected chi connectivity index (χ0v) is 7.51. The number of rotatable bonds is 3. The van der Waals surface area contributed by atoms with Crippen molar-refractivity contribution < 1.29 is 5.11 Å². The maximum absolute atomic E-state index is 9.04. The van der Waals surface area contributed by atoms with Gasteiger partial charge in [-0.25, -0.2) is 0 Å². The Kier molecular flexibility index (Phi) is 3.34. The van der Waals surface area contributed by atoms with E-state index in [2.05, 4.69) is 12.2 Å². The highest BCUT2D eigenvalue weighted by molar-refractivity contribution is 4.80. The van der Waals surface area contributed by atoms with Gasteiger partial charge in [-0.05, 0) is 25.7 Å². The molecule has 0 bridgehead atoms. The highest BCUT2D eigenvalue weighted by Gasteiger charge is 2.22. The molecule has 0 saturated heterocycles. The Bertz CT molecular complexity index is 114. The van der Waals surface area contributed by atoms with Crippen molar-refractivity contribution in [2.24, 2.45) is 5.92 Å². The van der Waals surface area contributed by atoms with Crippen LogP contribution in [0.3, 0.4) is 0 Å². The first-order valence-electron chi connectivity index (χ1n) is 4.61. The normalized spacial score (nSPS) is 34.1. The van der Waals surface area contributed by atoms with Gasteiger partial charge in [0.15, 0.2) is 0 Å². The van der Waals surface area contributed by atoms with Crippen molar-refractivity contribution in [2.45, 2.75) is 45.3 Å². The molecule has 2 N–H and O–H groups in total. The second kappa shape index (κ2) is 4.07. The van der Waals surface area contributed by atoms with Gasteiger partial charge in [-0.2, -0.15) is 0 Å². The number of aliphatic hydroxyl groups excluding tert-OH is 1. The lowest BCUT2D eigenvalue weighted by Gasteiger charge is -2.17. The third-order valence-electron chi connectivity index (χ3n) is 2.54. The Morgan fingerprint density at radius 3 is 2.73 bits per heavy atom. The van der Waals surface area contributed by atoms with Crippen LogP contribution in [-0.4, -0.2) is 23.8 Å². The molecule has 1 rings (SSSR count). The van der Waals surface area contributed by atoms with Crippen molar-refractivity contribution in [3.8, 4) is 0 Å². The minimum atomic E-state index is -0.206. The summed E-state index contributed by atoms with van der Waals surface area (Å²) in [6.07, 6.45) is 3.77. The van der Waals surface area contributed by atoms with E-state index in [9.17, 15) is 0 Å². The third-order valence-corrected chi connectivity index (χ3v) is 2.54. The lowest BCUT2D eigenvalue weighted by molar-refractivity contribution is 0.183. The summed E-state index contributed by atoms with van der Waals surface area (Å²) in [5.41, 5.74) is 0. The average molecular weight is 157 g/mol. The van der Waals surface area contributed by atoms with Gasteiger partial charge in [0.05, 0.1) is 6.10 Å². The molecule has 3 atom stereocenters. The van der Waals surface area contributed by atoms with Crippen molar-refractivity contribution in [2.75, 3.05) is 6.54 Å². The summed E-state index contributed by atoms with van der Waals surface area (Å²) >= 11 is 0. The molecule has 0 unspecified atom stereocenters. The molecular weight excluding hydrogens is 138 g/mol. The fourth-order valence-corrected chi connectivity index (χ4v) is 1.77. The van der Waals surface area contributed by atoms with Gasteiger partial charge in [-0.3, -0.25) is 0 Å². The zero-order valence-electron chi connectivity index (χ0n) is 7.51. The molecule has 0 aromatic carbocycles. The van der Waals surface area contributed by atoms with Crippen molar-refractivity contribution in [1.29, 1.82) is 0 Å². The maximum Gasteiger partial charge on any atom is 0.0636 e. The van der Waals surface area contributed by atoms with Gasteiger partial charge in [0, 0.05) is 12.6 Å². The van der Waals surface area contributed by atoms with Gasteiger partial charge in [-0.15, -0.1) is 0 Å². The summed E-state index contributed by atoms with van der Waals surface area (Å²) in [4.78, 5) is 0. The third kappa shape index (κ3) is 2.80. The van der Waals surface area contributed by atoms with Gasteiger partial charge in [0.2, 0.25) is 0 Å². The van der Waals surface area contributed by atoms with Gasteiger partial charge in [0.1, 0.15) is 0 Å². The predicted molar refractivity (Wildman–Crippen MR) is 46.5 cm³/mol. The van der Waals surface area contributed by atoms with Crippen molar-refractivity contribution in [3.63, 3.8) is 0 Å². The second-order valence-electron chi connectivity index (χ2n) is 3.77. The maximum atomic E-state index is 9.04. The second-order valence-corrected chi connectivity index (χ2v) is 3.77. The van der Waals surface area contributed by atoms with Crippen LogP contribution in [0.2, 0.25) is 0 Å². The van der Waals surface area contributed by atoms with Crippen LogP contribution in [0.15, 0.2) is 0 Å². The summed E-state index contributed by atoms with van der Waals surface area (Å²) in [5, 5.41) is 12.4. The fraction of sp³-hybridized carbons (Fsp3) is 1.00. The Hall–Kier alpha value is -0.0800.